The maximum atomic E-state index is 11.6. The summed E-state index contributed by atoms with van der Waals surface area (Å²) in [5.41, 5.74) is 4.07. The number of nitrogens with zero attached hydrogens (tertiary/aromatic N) is 4. The minimum absolute atomic E-state index is 0.111. The molecule has 1 aromatic carbocycles. The number of allylic oxidation sites excluding steroid dienone is 1. The molecule has 1 aliphatic carbocycles. The van der Waals surface area contributed by atoms with E-state index in [4.69, 9.17) is 31.0 Å². The van der Waals surface area contributed by atoms with Crippen LogP contribution in [0.5, 0.6) is 5.88 Å². The fraction of sp³-hybridized carbons (Fsp3) is 0.414. The number of imidazole rings is 1. The Kier molecular flexibility index (Phi) is 7.19. The third-order valence-corrected chi connectivity index (χ3v) is 7.94. The monoisotopic (exact) mass is 534 g/mol. The van der Waals surface area contributed by atoms with Gasteiger partial charge < -0.3 is 19.1 Å². The summed E-state index contributed by atoms with van der Waals surface area (Å²) in [5.74, 6) is 0.606. The van der Waals surface area contributed by atoms with E-state index in [0.717, 1.165) is 79.4 Å². The van der Waals surface area contributed by atoms with Gasteiger partial charge in [-0.05, 0) is 61.9 Å². The molecule has 38 heavy (non-hydrogen) atoms. The van der Waals surface area contributed by atoms with Crippen molar-refractivity contribution in [3.8, 4) is 5.88 Å². The van der Waals surface area contributed by atoms with Crippen molar-refractivity contribution in [2.75, 3.05) is 19.7 Å². The molecule has 2 atom stereocenters. The lowest BCUT2D eigenvalue weighted by Crippen LogP contribution is -2.33. The van der Waals surface area contributed by atoms with Crippen LogP contribution in [-0.2, 0) is 17.8 Å². The van der Waals surface area contributed by atoms with Gasteiger partial charge in [-0.3, -0.25) is 4.90 Å². The summed E-state index contributed by atoms with van der Waals surface area (Å²) >= 11 is 6.35. The molecule has 9 heteroatoms. The average molecular weight is 535 g/mol. The van der Waals surface area contributed by atoms with Gasteiger partial charge in [0.25, 0.3) is 0 Å². The van der Waals surface area contributed by atoms with Crippen molar-refractivity contribution >= 4 is 34.2 Å². The lowest BCUT2D eigenvalue weighted by Gasteiger charge is -2.29. The van der Waals surface area contributed by atoms with E-state index in [9.17, 15) is 9.90 Å². The Balaban J connectivity index is 1.17. The molecule has 0 spiro atoms. The quantitative estimate of drug-likeness (QED) is 0.421. The van der Waals surface area contributed by atoms with Crippen LogP contribution in [-0.4, -0.2) is 62.4 Å². The van der Waals surface area contributed by atoms with Gasteiger partial charge in [0, 0.05) is 25.8 Å². The Hall–Kier alpha value is -3.20. The lowest BCUT2D eigenvalue weighted by atomic mass is 10.0. The van der Waals surface area contributed by atoms with E-state index in [1.165, 1.54) is 5.57 Å². The number of carboxylic acids is 1. The van der Waals surface area contributed by atoms with Crippen LogP contribution in [0, 0.1) is 0 Å². The van der Waals surface area contributed by atoms with Gasteiger partial charge in [0.05, 0.1) is 46.5 Å². The molecule has 1 N–H and O–H groups in total. The van der Waals surface area contributed by atoms with Gasteiger partial charge in [0.15, 0.2) is 0 Å². The summed E-state index contributed by atoms with van der Waals surface area (Å²) in [4.78, 5) is 23.6. The van der Waals surface area contributed by atoms with Crippen molar-refractivity contribution in [3.05, 3.63) is 70.7 Å². The SMILES string of the molecule is O=C(O)c1ccc2nc(CN3CC=C(c4cccc(OC5CCCC=C5Cl)n4)CC3)n(C[C@@H]3CCO3)c2c1. The molecule has 198 valence electrons. The van der Waals surface area contributed by atoms with Gasteiger partial charge in [-0.2, -0.15) is 0 Å². The molecule has 8 nitrogen and oxygen atoms in total. The molecule has 1 saturated heterocycles. The average Bonchev–Trinajstić information content (AvgIpc) is 3.24. The first-order valence-corrected chi connectivity index (χ1v) is 13.7. The predicted molar refractivity (Wildman–Crippen MR) is 145 cm³/mol. The minimum Gasteiger partial charge on any atom is -0.478 e. The first-order chi connectivity index (χ1) is 18.5. The Morgan fingerprint density at radius 1 is 1.18 bits per heavy atom. The molecule has 3 aromatic rings. The largest absolute Gasteiger partial charge is 0.478 e. The summed E-state index contributed by atoms with van der Waals surface area (Å²) in [6.07, 6.45) is 9.17. The van der Waals surface area contributed by atoms with Crippen LogP contribution < -0.4 is 4.74 Å². The van der Waals surface area contributed by atoms with Crippen molar-refractivity contribution < 1.29 is 19.4 Å². The van der Waals surface area contributed by atoms with E-state index in [1.54, 1.807) is 18.2 Å². The highest BCUT2D eigenvalue weighted by Crippen LogP contribution is 2.29. The highest BCUT2D eigenvalue weighted by molar-refractivity contribution is 6.30. The molecular weight excluding hydrogens is 504 g/mol. The van der Waals surface area contributed by atoms with Crippen LogP contribution >= 0.6 is 11.6 Å². The van der Waals surface area contributed by atoms with Crippen molar-refractivity contribution in [3.63, 3.8) is 0 Å². The van der Waals surface area contributed by atoms with Gasteiger partial charge >= 0.3 is 5.97 Å². The van der Waals surface area contributed by atoms with E-state index in [0.29, 0.717) is 19.0 Å². The molecular formula is C29H31ClN4O4. The fourth-order valence-corrected chi connectivity index (χ4v) is 5.55. The lowest BCUT2D eigenvalue weighted by molar-refractivity contribution is -0.0591. The summed E-state index contributed by atoms with van der Waals surface area (Å²) in [5, 5.41) is 10.3. The Morgan fingerprint density at radius 3 is 2.82 bits per heavy atom. The van der Waals surface area contributed by atoms with Crippen molar-refractivity contribution in [1.29, 1.82) is 0 Å². The molecule has 1 fully saturated rings. The fourth-order valence-electron chi connectivity index (χ4n) is 5.28. The number of halogens is 1. The van der Waals surface area contributed by atoms with Gasteiger partial charge in [-0.15, -0.1) is 0 Å². The zero-order chi connectivity index (χ0) is 26.1. The number of pyridine rings is 1. The number of benzene rings is 1. The van der Waals surface area contributed by atoms with Crippen LogP contribution in [0.25, 0.3) is 16.6 Å². The van der Waals surface area contributed by atoms with Gasteiger partial charge in [-0.25, -0.2) is 14.8 Å². The summed E-state index contributed by atoms with van der Waals surface area (Å²) in [7, 11) is 0. The van der Waals surface area contributed by atoms with Crippen molar-refractivity contribution in [2.45, 2.75) is 57.4 Å². The second-order valence-electron chi connectivity index (χ2n) is 10.1. The molecule has 2 aliphatic heterocycles. The Labute approximate surface area is 226 Å². The third kappa shape index (κ3) is 5.34. The number of carboxylic acid groups (broad SMARTS) is 1. The highest BCUT2D eigenvalue weighted by atomic mass is 35.5. The van der Waals surface area contributed by atoms with E-state index < -0.39 is 5.97 Å². The first-order valence-electron chi connectivity index (χ1n) is 13.3. The number of ether oxygens (including phenoxy) is 2. The van der Waals surface area contributed by atoms with E-state index >= 15 is 0 Å². The van der Waals surface area contributed by atoms with Crippen molar-refractivity contribution in [2.24, 2.45) is 0 Å². The van der Waals surface area contributed by atoms with Crippen molar-refractivity contribution in [1.82, 2.24) is 19.4 Å². The van der Waals surface area contributed by atoms with Crippen LogP contribution in [0.1, 0.15) is 54.0 Å². The Bertz CT molecular complexity index is 1410. The molecule has 3 aliphatic rings. The molecule has 0 radical (unpaired) electrons. The minimum atomic E-state index is -0.934. The summed E-state index contributed by atoms with van der Waals surface area (Å²) in [6, 6.07) is 11.0. The molecule has 2 aromatic heterocycles. The van der Waals surface area contributed by atoms with E-state index in [1.807, 2.05) is 24.3 Å². The predicted octanol–water partition coefficient (Wildman–Crippen LogP) is 5.26. The van der Waals surface area contributed by atoms with Gasteiger partial charge in [0.1, 0.15) is 11.9 Å². The highest BCUT2D eigenvalue weighted by Gasteiger charge is 2.24. The molecule has 4 heterocycles. The first kappa shape index (κ1) is 25.1. The number of carbonyl (C=O) groups is 1. The zero-order valence-corrected chi connectivity index (χ0v) is 21.9. The summed E-state index contributed by atoms with van der Waals surface area (Å²) in [6.45, 7) is 3.79. The molecule has 0 bridgehead atoms. The molecule has 0 saturated carbocycles. The second kappa shape index (κ2) is 10.9. The molecule has 1 unspecified atom stereocenters. The van der Waals surface area contributed by atoms with Crippen LogP contribution in [0.3, 0.4) is 0 Å². The number of hydrogen-bond donors (Lipinski definition) is 1. The second-order valence-corrected chi connectivity index (χ2v) is 10.6. The summed E-state index contributed by atoms with van der Waals surface area (Å²) < 4.78 is 13.9. The number of aromatic nitrogens is 3. The van der Waals surface area contributed by atoms with Crippen LogP contribution in [0.2, 0.25) is 0 Å². The number of hydrogen-bond acceptors (Lipinski definition) is 6. The smallest absolute Gasteiger partial charge is 0.335 e. The zero-order valence-electron chi connectivity index (χ0n) is 21.2. The van der Waals surface area contributed by atoms with E-state index in [-0.39, 0.29) is 17.8 Å². The maximum Gasteiger partial charge on any atom is 0.335 e. The topological polar surface area (TPSA) is 89.7 Å². The maximum absolute atomic E-state index is 11.6. The Morgan fingerprint density at radius 2 is 2.08 bits per heavy atom. The van der Waals surface area contributed by atoms with Crippen LogP contribution in [0.15, 0.2) is 53.6 Å². The number of aromatic carboxylic acids is 1. The van der Waals surface area contributed by atoms with E-state index in [2.05, 4.69) is 15.5 Å². The van der Waals surface area contributed by atoms with Gasteiger partial charge in [-0.1, -0.05) is 29.8 Å². The molecule has 6 rings (SSSR count). The number of rotatable bonds is 8. The molecule has 0 amide bonds. The van der Waals surface area contributed by atoms with Gasteiger partial charge in [0.2, 0.25) is 5.88 Å². The van der Waals surface area contributed by atoms with Crippen LogP contribution in [0.4, 0.5) is 0 Å². The normalized spacial score (nSPS) is 22.0. The standard InChI is InChI=1S/C29H31ClN4O4/c30-22-4-1-2-6-26(22)38-28-7-3-5-23(32-28)19-10-13-33(14-11-19)18-27-31-24-9-8-20(29(35)36)16-25(24)34(27)17-21-12-15-37-21/h3-5,7-10,16,21,26H,1-2,6,11-15,17-18H2,(H,35,36)/t21-,26?/m0/s1. The third-order valence-electron chi connectivity index (χ3n) is 7.55. The number of fused-ring (bicyclic) bond motifs is 1.